The largest absolute Gasteiger partial charge is 0.490 e. The number of amides is 1. The molecule has 3 N–H and O–H groups in total. The summed E-state index contributed by atoms with van der Waals surface area (Å²) in [5, 5.41) is 21.3. The number of alkyl halides is 3. The maximum atomic E-state index is 12.5. The van der Waals surface area contributed by atoms with Crippen LogP contribution in [0.5, 0.6) is 5.75 Å². The van der Waals surface area contributed by atoms with E-state index in [0.29, 0.717) is 38.2 Å². The molecule has 0 radical (unpaired) electrons. The number of benzene rings is 1. The van der Waals surface area contributed by atoms with Gasteiger partial charge < -0.3 is 20.5 Å². The monoisotopic (exact) mass is 426 g/mol. The van der Waals surface area contributed by atoms with Crippen LogP contribution in [0, 0.1) is 12.3 Å². The van der Waals surface area contributed by atoms with E-state index in [4.69, 9.17) is 21.1 Å². The highest BCUT2D eigenvalue weighted by Gasteiger charge is 2.47. The number of aliphatic carboxylic acids is 1. The minimum atomic E-state index is -5.08. The van der Waals surface area contributed by atoms with Gasteiger partial charge in [-0.25, -0.2) is 4.79 Å². The van der Waals surface area contributed by atoms with Crippen LogP contribution >= 0.6 is 0 Å². The summed E-state index contributed by atoms with van der Waals surface area (Å²) in [6, 6.07) is 9.39. The minimum Gasteiger partial charge on any atom is -0.475 e. The number of nitrogens with zero attached hydrogens (tertiary/aromatic N) is 2. The zero-order valence-electron chi connectivity index (χ0n) is 15.9. The zero-order chi connectivity index (χ0) is 22.3. The van der Waals surface area contributed by atoms with Gasteiger partial charge in [-0.3, -0.25) is 4.79 Å². The summed E-state index contributed by atoms with van der Waals surface area (Å²) in [6.07, 6.45) is 2.25. The van der Waals surface area contributed by atoms with Gasteiger partial charge in [0.2, 0.25) is 5.60 Å². The van der Waals surface area contributed by atoms with Gasteiger partial charge >= 0.3 is 12.1 Å². The molecule has 0 aliphatic carbocycles. The van der Waals surface area contributed by atoms with E-state index in [0.717, 1.165) is 6.42 Å². The highest BCUT2D eigenvalue weighted by Crippen LogP contribution is 2.36. The van der Waals surface area contributed by atoms with Crippen molar-refractivity contribution in [3.63, 3.8) is 0 Å². The lowest BCUT2D eigenvalue weighted by atomic mass is 9.95. The van der Waals surface area contributed by atoms with Gasteiger partial charge in [0, 0.05) is 38.9 Å². The number of hydrogen-bond acceptors (Lipinski definition) is 6. The first-order valence-corrected chi connectivity index (χ1v) is 9.03. The molecule has 0 aromatic heterocycles. The van der Waals surface area contributed by atoms with E-state index in [1.807, 2.05) is 30.3 Å². The van der Waals surface area contributed by atoms with Crippen molar-refractivity contribution in [3.8, 4) is 18.1 Å². The molecule has 2 heterocycles. The first-order valence-electron chi connectivity index (χ1n) is 9.03. The molecule has 0 atom stereocenters. The fourth-order valence-electron chi connectivity index (χ4n) is 2.55. The Labute approximate surface area is 170 Å². The highest BCUT2D eigenvalue weighted by molar-refractivity contribution is 5.87. The van der Waals surface area contributed by atoms with Crippen molar-refractivity contribution < 1.29 is 32.6 Å². The minimum absolute atomic E-state index is 0.104. The Balaban J connectivity index is 0.000000396. The van der Waals surface area contributed by atoms with Crippen molar-refractivity contribution in [2.24, 2.45) is 10.2 Å². The summed E-state index contributed by atoms with van der Waals surface area (Å²) in [7, 11) is 0. The molecule has 1 aromatic rings. The molecule has 2 aliphatic rings. The maximum Gasteiger partial charge on any atom is 0.490 e. The lowest BCUT2D eigenvalue weighted by Crippen LogP contribution is -2.70. The van der Waals surface area contributed by atoms with Gasteiger partial charge in [-0.2, -0.15) is 23.4 Å². The number of carbonyl (C=O) groups excluding carboxylic acids is 1. The smallest absolute Gasteiger partial charge is 0.475 e. The van der Waals surface area contributed by atoms with Crippen molar-refractivity contribution in [1.82, 2.24) is 10.6 Å². The average molecular weight is 426 g/mol. The topological polar surface area (TPSA) is 112 Å². The molecule has 162 valence electrons. The number of nitrogens with one attached hydrogen (secondary N) is 2. The highest BCUT2D eigenvalue weighted by atomic mass is 19.4. The maximum absolute atomic E-state index is 12.5. The lowest BCUT2D eigenvalue weighted by Gasteiger charge is -2.40. The number of carbonyl (C=O) groups is 2. The third-order valence-corrected chi connectivity index (χ3v) is 4.40. The summed E-state index contributed by atoms with van der Waals surface area (Å²) in [5.41, 5.74) is -1.20. The van der Waals surface area contributed by atoms with Crippen LogP contribution in [0.3, 0.4) is 0 Å². The van der Waals surface area contributed by atoms with E-state index in [2.05, 4.69) is 26.8 Å². The van der Waals surface area contributed by atoms with Crippen molar-refractivity contribution in [1.29, 1.82) is 0 Å². The third-order valence-electron chi connectivity index (χ3n) is 4.40. The molecule has 1 aromatic carbocycles. The predicted octanol–water partition coefficient (Wildman–Crippen LogP) is 2.12. The van der Waals surface area contributed by atoms with Crippen LogP contribution in [0.25, 0.3) is 0 Å². The molecule has 0 saturated carbocycles. The molecular formula is C19H21F3N4O4. The second kappa shape index (κ2) is 9.58. The molecule has 8 nitrogen and oxygen atoms in total. The second-order valence-corrected chi connectivity index (χ2v) is 6.71. The van der Waals surface area contributed by atoms with Gasteiger partial charge in [0.1, 0.15) is 5.75 Å². The number of para-hydroxylation sites is 1. The van der Waals surface area contributed by atoms with Gasteiger partial charge in [0.25, 0.3) is 5.91 Å². The zero-order valence-corrected chi connectivity index (χ0v) is 15.9. The summed E-state index contributed by atoms with van der Waals surface area (Å²) in [6.45, 7) is 1.52. The number of terminal acetylenes is 1. The van der Waals surface area contributed by atoms with Gasteiger partial charge in [0.15, 0.2) is 5.66 Å². The first-order chi connectivity index (χ1) is 14.1. The van der Waals surface area contributed by atoms with Crippen molar-refractivity contribution in [2.75, 3.05) is 19.6 Å². The van der Waals surface area contributed by atoms with E-state index in [9.17, 15) is 18.0 Å². The standard InChI is InChI=1S/C17H20N4O2.C2HF3O2/c1-2-3-9-17(20-21-17)10-11-19-15(22)16(12-18-13-16)23-14-7-5-4-6-8-14;3-2(4,5)1(6)7/h1,4-8,18H,3,9-13H2,(H,19,22);(H,6,7). The first kappa shape index (κ1) is 23.2. The average Bonchev–Trinajstić information content (AvgIpc) is 3.43. The number of halogens is 3. The molecule has 0 bridgehead atoms. The van der Waals surface area contributed by atoms with Crippen LogP contribution in [-0.2, 0) is 9.59 Å². The second-order valence-electron chi connectivity index (χ2n) is 6.71. The van der Waals surface area contributed by atoms with Gasteiger partial charge in [-0.15, -0.1) is 12.3 Å². The quantitative estimate of drug-likeness (QED) is 0.552. The Bertz CT molecular complexity index is 811. The van der Waals surface area contributed by atoms with E-state index in [1.165, 1.54) is 0 Å². The number of carboxylic acids is 1. The fourth-order valence-corrected chi connectivity index (χ4v) is 2.55. The Morgan fingerprint density at radius 1 is 1.23 bits per heavy atom. The Kier molecular flexibility index (Phi) is 7.39. The van der Waals surface area contributed by atoms with Crippen LogP contribution in [-0.4, -0.2) is 54.1 Å². The van der Waals surface area contributed by atoms with E-state index in [1.54, 1.807) is 0 Å². The normalized spacial score (nSPS) is 17.4. The number of ether oxygens (including phenoxy) is 1. The number of rotatable bonds is 8. The lowest BCUT2D eigenvalue weighted by molar-refractivity contribution is -0.192. The van der Waals surface area contributed by atoms with Gasteiger partial charge in [-0.1, -0.05) is 18.2 Å². The Morgan fingerprint density at radius 3 is 2.27 bits per heavy atom. The van der Waals surface area contributed by atoms with Crippen LogP contribution in [0.15, 0.2) is 40.6 Å². The fraction of sp³-hybridized carbons (Fsp3) is 0.474. The third kappa shape index (κ3) is 6.45. The Hall–Kier alpha value is -3.13. The van der Waals surface area contributed by atoms with E-state index < -0.39 is 17.7 Å². The van der Waals surface area contributed by atoms with Crippen LogP contribution in [0.1, 0.15) is 19.3 Å². The molecule has 11 heteroatoms. The molecule has 1 amide bonds. The summed E-state index contributed by atoms with van der Waals surface area (Å²) < 4.78 is 37.7. The van der Waals surface area contributed by atoms with Gasteiger partial charge in [-0.05, 0) is 12.1 Å². The molecule has 30 heavy (non-hydrogen) atoms. The molecular weight excluding hydrogens is 405 g/mol. The summed E-state index contributed by atoms with van der Waals surface area (Å²) in [4.78, 5) is 21.4. The summed E-state index contributed by atoms with van der Waals surface area (Å²) in [5.74, 6) is 0.433. The van der Waals surface area contributed by atoms with Crippen molar-refractivity contribution >= 4 is 11.9 Å². The summed E-state index contributed by atoms with van der Waals surface area (Å²) >= 11 is 0. The van der Waals surface area contributed by atoms with Crippen LogP contribution in [0.2, 0.25) is 0 Å². The molecule has 1 saturated heterocycles. The molecule has 0 spiro atoms. The molecule has 3 rings (SSSR count). The van der Waals surface area contributed by atoms with Crippen LogP contribution < -0.4 is 15.4 Å². The molecule has 2 aliphatic heterocycles. The number of carboxylic acid groups (broad SMARTS) is 1. The SMILES string of the molecule is C#CCCC1(CCNC(=O)C2(Oc3ccccc3)CNC2)N=N1.O=C(O)C(F)(F)F. The van der Waals surface area contributed by atoms with E-state index >= 15 is 0 Å². The van der Waals surface area contributed by atoms with Crippen molar-refractivity contribution in [2.45, 2.75) is 36.7 Å². The number of hydrogen-bond donors (Lipinski definition) is 3. The Morgan fingerprint density at radius 2 is 1.83 bits per heavy atom. The van der Waals surface area contributed by atoms with E-state index in [-0.39, 0.29) is 11.6 Å². The van der Waals surface area contributed by atoms with Crippen molar-refractivity contribution in [3.05, 3.63) is 30.3 Å². The predicted molar refractivity (Wildman–Crippen MR) is 99.6 cm³/mol. The van der Waals surface area contributed by atoms with Gasteiger partial charge in [0.05, 0.1) is 0 Å². The van der Waals surface area contributed by atoms with Crippen LogP contribution in [0.4, 0.5) is 13.2 Å². The molecule has 1 fully saturated rings. The molecule has 0 unspecified atom stereocenters.